The zero-order valence-corrected chi connectivity index (χ0v) is 9.28. The van der Waals surface area contributed by atoms with Crippen molar-refractivity contribution in [3.63, 3.8) is 0 Å². The van der Waals surface area contributed by atoms with Crippen molar-refractivity contribution in [1.82, 2.24) is 5.32 Å². The molecule has 5 nitrogen and oxygen atoms in total. The summed E-state index contributed by atoms with van der Waals surface area (Å²) in [5.74, 6) is -6.86. The molecule has 1 aromatic carbocycles. The molecule has 0 aliphatic heterocycles. The van der Waals surface area contributed by atoms with Gasteiger partial charge in [0.15, 0.2) is 0 Å². The van der Waals surface area contributed by atoms with E-state index in [9.17, 15) is 32.5 Å². The fourth-order valence-corrected chi connectivity index (χ4v) is 1.13. The maximum Gasteiger partial charge on any atom is 0.383 e. The summed E-state index contributed by atoms with van der Waals surface area (Å²) in [4.78, 5) is 20.5. The van der Waals surface area contributed by atoms with Crippen molar-refractivity contribution in [2.24, 2.45) is 0 Å². The Labute approximate surface area is 104 Å². The molecule has 1 amide bonds. The zero-order valence-electron chi connectivity index (χ0n) is 9.28. The van der Waals surface area contributed by atoms with Crippen LogP contribution in [0.3, 0.4) is 0 Å². The second-order valence-corrected chi connectivity index (χ2v) is 3.53. The molecule has 0 aliphatic rings. The number of amides is 1. The first-order valence-corrected chi connectivity index (χ1v) is 4.92. The van der Waals surface area contributed by atoms with Gasteiger partial charge in [0.25, 0.3) is 11.6 Å². The van der Waals surface area contributed by atoms with E-state index in [-0.39, 0.29) is 11.3 Å². The summed E-state index contributed by atoms with van der Waals surface area (Å²) in [6.07, 6.45) is -4.09. The summed E-state index contributed by atoms with van der Waals surface area (Å²) >= 11 is 0. The van der Waals surface area contributed by atoms with Crippen LogP contribution < -0.4 is 5.32 Å². The van der Waals surface area contributed by atoms with Gasteiger partial charge in [-0.3, -0.25) is 14.9 Å². The molecule has 0 unspecified atom stereocenters. The molecular formula is C10H8F4N2O3. The normalized spacial score (nSPS) is 11.4. The molecule has 0 saturated heterocycles. The van der Waals surface area contributed by atoms with Crippen LogP contribution in [-0.2, 0) is 11.3 Å². The van der Waals surface area contributed by atoms with Crippen LogP contribution in [0.25, 0.3) is 0 Å². The molecule has 0 saturated carbocycles. The van der Waals surface area contributed by atoms with E-state index < -0.39 is 29.7 Å². The number of benzene rings is 1. The Morgan fingerprint density at radius 2 is 1.84 bits per heavy atom. The first kappa shape index (κ1) is 14.9. The summed E-state index contributed by atoms with van der Waals surface area (Å²) in [5, 5.41) is 12.0. The summed E-state index contributed by atoms with van der Waals surface area (Å²) < 4.78 is 48.8. The van der Waals surface area contributed by atoms with Gasteiger partial charge in [0.05, 0.1) is 4.92 Å². The Morgan fingerprint density at radius 1 is 1.32 bits per heavy atom. The molecule has 1 aromatic rings. The Hall–Kier alpha value is -2.19. The minimum atomic E-state index is -4.76. The fraction of sp³-hybridized carbons (Fsp3) is 0.300. The first-order chi connectivity index (χ1) is 8.75. The third-order valence-electron chi connectivity index (χ3n) is 2.18. The molecule has 0 aliphatic carbocycles. The molecule has 1 rings (SSSR count). The van der Waals surface area contributed by atoms with E-state index in [0.717, 1.165) is 12.1 Å². The van der Waals surface area contributed by atoms with Crippen molar-refractivity contribution in [1.29, 1.82) is 0 Å². The van der Waals surface area contributed by atoms with E-state index in [1.54, 1.807) is 5.32 Å². The van der Waals surface area contributed by atoms with E-state index in [2.05, 4.69) is 0 Å². The predicted molar refractivity (Wildman–Crippen MR) is 55.9 cm³/mol. The highest BCUT2D eigenvalue weighted by Crippen LogP contribution is 2.23. The Bertz CT molecular complexity index is 476. The Morgan fingerprint density at radius 3 is 2.26 bits per heavy atom. The molecule has 0 radical (unpaired) electrons. The Balaban J connectivity index is 2.62. The van der Waals surface area contributed by atoms with Gasteiger partial charge in [0, 0.05) is 18.7 Å². The standard InChI is InChI=1S/C10H8F4N2O3/c11-8(12)10(13,14)9(17)15-5-6-1-3-7(4-2-6)16(18)19/h1-4,8H,5H2,(H,15,17). The number of nitro groups is 1. The maximum atomic E-state index is 12.6. The highest BCUT2D eigenvalue weighted by molar-refractivity contribution is 5.83. The van der Waals surface area contributed by atoms with Crippen LogP contribution in [0, 0.1) is 10.1 Å². The van der Waals surface area contributed by atoms with E-state index in [0.29, 0.717) is 0 Å². The van der Waals surface area contributed by atoms with Gasteiger partial charge in [-0.15, -0.1) is 0 Å². The minimum absolute atomic E-state index is 0.215. The van der Waals surface area contributed by atoms with Gasteiger partial charge in [-0.25, -0.2) is 8.78 Å². The lowest BCUT2D eigenvalue weighted by atomic mass is 10.2. The number of carbonyl (C=O) groups is 1. The molecule has 0 bridgehead atoms. The van der Waals surface area contributed by atoms with Gasteiger partial charge >= 0.3 is 12.3 Å². The summed E-state index contributed by atoms with van der Waals surface area (Å²) in [6.45, 7) is -0.431. The molecule has 0 spiro atoms. The number of nitrogens with one attached hydrogen (secondary N) is 1. The average molecular weight is 280 g/mol. The maximum absolute atomic E-state index is 12.6. The van der Waals surface area contributed by atoms with Gasteiger partial charge in [-0.2, -0.15) is 8.78 Å². The zero-order chi connectivity index (χ0) is 14.6. The van der Waals surface area contributed by atoms with Crippen LogP contribution in [0.1, 0.15) is 5.56 Å². The minimum Gasteiger partial charge on any atom is -0.347 e. The van der Waals surface area contributed by atoms with Crippen LogP contribution in [0.5, 0.6) is 0 Å². The quantitative estimate of drug-likeness (QED) is 0.510. The monoisotopic (exact) mass is 280 g/mol. The third kappa shape index (κ3) is 3.63. The summed E-state index contributed by atoms with van der Waals surface area (Å²) in [7, 11) is 0. The average Bonchev–Trinajstić information content (AvgIpc) is 2.36. The SMILES string of the molecule is O=C(NCc1ccc([N+](=O)[O-])cc1)C(F)(F)C(F)F. The smallest absolute Gasteiger partial charge is 0.347 e. The van der Waals surface area contributed by atoms with Crippen LogP contribution in [0.4, 0.5) is 23.2 Å². The number of halogens is 4. The van der Waals surface area contributed by atoms with Crippen molar-refractivity contribution in [2.45, 2.75) is 18.9 Å². The molecule has 19 heavy (non-hydrogen) atoms. The molecule has 0 aromatic heterocycles. The number of nitro benzene ring substituents is 1. The van der Waals surface area contributed by atoms with E-state index in [1.807, 2.05) is 0 Å². The molecule has 0 heterocycles. The lowest BCUT2D eigenvalue weighted by Crippen LogP contribution is -2.44. The molecule has 0 atom stereocenters. The second kappa shape index (κ2) is 5.63. The number of hydrogen-bond donors (Lipinski definition) is 1. The molecule has 1 N–H and O–H groups in total. The molecule has 9 heteroatoms. The predicted octanol–water partition coefficient (Wildman–Crippen LogP) is 2.11. The Kier molecular flexibility index (Phi) is 4.41. The molecule has 0 fully saturated rings. The number of non-ortho nitro benzene ring substituents is 1. The van der Waals surface area contributed by atoms with E-state index >= 15 is 0 Å². The van der Waals surface area contributed by atoms with Crippen molar-refractivity contribution in [3.05, 3.63) is 39.9 Å². The number of rotatable bonds is 5. The summed E-state index contributed by atoms with van der Waals surface area (Å²) in [5.41, 5.74) is 0.0528. The van der Waals surface area contributed by atoms with E-state index in [1.165, 1.54) is 12.1 Å². The number of nitrogens with zero attached hydrogens (tertiary/aromatic N) is 1. The highest BCUT2D eigenvalue weighted by Gasteiger charge is 2.48. The molecule has 104 valence electrons. The van der Waals surface area contributed by atoms with Gasteiger partial charge in [0.2, 0.25) is 0 Å². The van der Waals surface area contributed by atoms with Crippen LogP contribution >= 0.6 is 0 Å². The van der Waals surface area contributed by atoms with Gasteiger partial charge in [0.1, 0.15) is 0 Å². The van der Waals surface area contributed by atoms with E-state index in [4.69, 9.17) is 0 Å². The van der Waals surface area contributed by atoms with Crippen LogP contribution in [0.2, 0.25) is 0 Å². The van der Waals surface area contributed by atoms with Gasteiger partial charge < -0.3 is 5.32 Å². The van der Waals surface area contributed by atoms with Crippen molar-refractivity contribution in [3.8, 4) is 0 Å². The highest BCUT2D eigenvalue weighted by atomic mass is 19.3. The van der Waals surface area contributed by atoms with Crippen molar-refractivity contribution < 1.29 is 27.3 Å². The second-order valence-electron chi connectivity index (χ2n) is 3.53. The van der Waals surface area contributed by atoms with Crippen molar-refractivity contribution >= 4 is 11.6 Å². The number of alkyl halides is 4. The fourth-order valence-electron chi connectivity index (χ4n) is 1.13. The van der Waals surface area contributed by atoms with Gasteiger partial charge in [-0.1, -0.05) is 12.1 Å². The number of carbonyl (C=O) groups excluding carboxylic acids is 1. The number of hydrogen-bond acceptors (Lipinski definition) is 3. The van der Waals surface area contributed by atoms with Gasteiger partial charge in [-0.05, 0) is 5.56 Å². The lowest BCUT2D eigenvalue weighted by Gasteiger charge is -2.14. The van der Waals surface area contributed by atoms with Crippen molar-refractivity contribution in [2.75, 3.05) is 0 Å². The lowest BCUT2D eigenvalue weighted by molar-refractivity contribution is -0.384. The topological polar surface area (TPSA) is 72.2 Å². The third-order valence-corrected chi connectivity index (χ3v) is 2.18. The largest absolute Gasteiger partial charge is 0.383 e. The summed E-state index contributed by atoms with van der Waals surface area (Å²) in [6, 6.07) is 4.65. The van der Waals surface area contributed by atoms with Crippen LogP contribution in [-0.4, -0.2) is 23.2 Å². The first-order valence-electron chi connectivity index (χ1n) is 4.92. The molecular weight excluding hydrogens is 272 g/mol. The van der Waals surface area contributed by atoms with Crippen LogP contribution in [0.15, 0.2) is 24.3 Å².